The van der Waals surface area contributed by atoms with Gasteiger partial charge in [0.2, 0.25) is 0 Å². The van der Waals surface area contributed by atoms with Crippen molar-refractivity contribution in [1.29, 1.82) is 0 Å². The Morgan fingerprint density at radius 3 is 2.32 bits per heavy atom. The SMILES string of the molecule is CC(O)(CNC(=O)NCCCS(C)(=O)=O)CC(=O)O. The molecule has 0 radical (unpaired) electrons. The smallest absolute Gasteiger partial charge is 0.314 e. The van der Waals surface area contributed by atoms with Gasteiger partial charge in [-0.15, -0.1) is 0 Å². The van der Waals surface area contributed by atoms with Crippen LogP contribution in [-0.2, 0) is 14.6 Å². The van der Waals surface area contributed by atoms with Crippen molar-refractivity contribution in [3.8, 4) is 0 Å². The molecule has 0 heterocycles. The first-order valence-electron chi connectivity index (χ1n) is 5.65. The molecule has 9 heteroatoms. The van der Waals surface area contributed by atoms with E-state index in [0.717, 1.165) is 6.26 Å². The molecule has 0 saturated heterocycles. The highest BCUT2D eigenvalue weighted by atomic mass is 32.2. The van der Waals surface area contributed by atoms with Gasteiger partial charge in [-0.2, -0.15) is 0 Å². The molecule has 8 nitrogen and oxygen atoms in total. The molecule has 4 N–H and O–H groups in total. The van der Waals surface area contributed by atoms with Crippen LogP contribution in [-0.4, -0.2) is 61.3 Å². The number of hydrogen-bond acceptors (Lipinski definition) is 5. The number of hydrogen-bond donors (Lipinski definition) is 4. The van der Waals surface area contributed by atoms with Crippen molar-refractivity contribution in [2.45, 2.75) is 25.4 Å². The first-order valence-corrected chi connectivity index (χ1v) is 7.71. The predicted molar refractivity (Wildman–Crippen MR) is 68.6 cm³/mol. The molecule has 1 unspecified atom stereocenters. The lowest BCUT2D eigenvalue weighted by Crippen LogP contribution is -2.46. The molecule has 0 fully saturated rings. The van der Waals surface area contributed by atoms with Crippen LogP contribution in [0.2, 0.25) is 0 Å². The van der Waals surface area contributed by atoms with Gasteiger partial charge in [0.15, 0.2) is 0 Å². The van der Waals surface area contributed by atoms with Crippen LogP contribution in [0.15, 0.2) is 0 Å². The predicted octanol–water partition coefficient (Wildman–Crippen LogP) is -1.05. The second-order valence-corrected chi connectivity index (χ2v) is 6.92. The summed E-state index contributed by atoms with van der Waals surface area (Å²) >= 11 is 0. The number of nitrogens with one attached hydrogen (secondary N) is 2. The van der Waals surface area contributed by atoms with Gasteiger partial charge in [-0.1, -0.05) is 0 Å². The van der Waals surface area contributed by atoms with E-state index in [9.17, 15) is 23.1 Å². The van der Waals surface area contributed by atoms with E-state index in [0.29, 0.717) is 0 Å². The minimum atomic E-state index is -3.05. The maximum Gasteiger partial charge on any atom is 0.314 e. The summed E-state index contributed by atoms with van der Waals surface area (Å²) in [5, 5.41) is 22.8. The van der Waals surface area contributed by atoms with Crippen LogP contribution in [0, 0.1) is 0 Å². The largest absolute Gasteiger partial charge is 0.481 e. The molecule has 0 aromatic carbocycles. The number of amides is 2. The van der Waals surface area contributed by atoms with Gasteiger partial charge in [0.05, 0.1) is 17.8 Å². The van der Waals surface area contributed by atoms with E-state index >= 15 is 0 Å². The van der Waals surface area contributed by atoms with Crippen molar-refractivity contribution in [3.63, 3.8) is 0 Å². The van der Waals surface area contributed by atoms with Crippen molar-refractivity contribution in [1.82, 2.24) is 10.6 Å². The zero-order valence-electron chi connectivity index (χ0n) is 11.0. The van der Waals surface area contributed by atoms with Gasteiger partial charge in [0.1, 0.15) is 9.84 Å². The molecule has 0 aromatic rings. The average molecular weight is 296 g/mol. The lowest BCUT2D eigenvalue weighted by Gasteiger charge is -2.21. The van der Waals surface area contributed by atoms with E-state index in [1.165, 1.54) is 6.92 Å². The number of rotatable bonds is 8. The fourth-order valence-corrected chi connectivity index (χ4v) is 1.93. The number of urea groups is 1. The number of aliphatic hydroxyl groups is 1. The highest BCUT2D eigenvalue weighted by Gasteiger charge is 2.24. The second-order valence-electron chi connectivity index (χ2n) is 4.66. The summed E-state index contributed by atoms with van der Waals surface area (Å²) in [4.78, 5) is 21.7. The van der Waals surface area contributed by atoms with Gasteiger partial charge in [0, 0.05) is 19.3 Å². The number of carbonyl (C=O) groups is 2. The lowest BCUT2D eigenvalue weighted by molar-refractivity contribution is -0.141. The van der Waals surface area contributed by atoms with Gasteiger partial charge < -0.3 is 20.8 Å². The molecular formula is C10H20N2O6S. The first-order chi connectivity index (χ1) is 8.52. The molecule has 0 aliphatic rings. The van der Waals surface area contributed by atoms with Crippen molar-refractivity contribution in [2.24, 2.45) is 0 Å². The molecular weight excluding hydrogens is 276 g/mol. The van der Waals surface area contributed by atoms with Gasteiger partial charge in [-0.25, -0.2) is 13.2 Å². The van der Waals surface area contributed by atoms with Gasteiger partial charge in [0.25, 0.3) is 0 Å². The normalized spacial score (nSPS) is 14.5. The van der Waals surface area contributed by atoms with Crippen LogP contribution in [0.3, 0.4) is 0 Å². The van der Waals surface area contributed by atoms with Gasteiger partial charge >= 0.3 is 12.0 Å². The van der Waals surface area contributed by atoms with Crippen molar-refractivity contribution < 1.29 is 28.2 Å². The fourth-order valence-electron chi connectivity index (χ4n) is 1.26. The van der Waals surface area contributed by atoms with E-state index in [1.54, 1.807) is 0 Å². The highest BCUT2D eigenvalue weighted by Crippen LogP contribution is 2.06. The summed E-state index contributed by atoms with van der Waals surface area (Å²) in [6.45, 7) is 1.27. The van der Waals surface area contributed by atoms with Crippen LogP contribution < -0.4 is 10.6 Å². The summed E-state index contributed by atoms with van der Waals surface area (Å²) in [6.07, 6.45) is 0.912. The highest BCUT2D eigenvalue weighted by molar-refractivity contribution is 7.90. The molecule has 0 rings (SSSR count). The molecule has 0 aromatic heterocycles. The fraction of sp³-hybridized carbons (Fsp3) is 0.800. The average Bonchev–Trinajstić information content (AvgIpc) is 2.18. The Bertz CT molecular complexity index is 418. The van der Waals surface area contributed by atoms with Crippen LogP contribution in [0.5, 0.6) is 0 Å². The third-order valence-corrected chi connectivity index (χ3v) is 3.17. The van der Waals surface area contributed by atoms with Gasteiger partial charge in [-0.05, 0) is 13.3 Å². The topological polar surface area (TPSA) is 133 Å². The van der Waals surface area contributed by atoms with Crippen molar-refractivity contribution in [2.75, 3.05) is 25.1 Å². The molecule has 1 atom stereocenters. The second kappa shape index (κ2) is 7.29. The summed E-state index contributed by atoms with van der Waals surface area (Å²) < 4.78 is 21.6. The number of carbonyl (C=O) groups excluding carboxylic acids is 1. The third-order valence-electron chi connectivity index (χ3n) is 2.14. The summed E-state index contributed by atoms with van der Waals surface area (Å²) in [5.41, 5.74) is -1.53. The zero-order chi connectivity index (χ0) is 15.1. The maximum absolute atomic E-state index is 11.3. The van der Waals surface area contributed by atoms with Crippen LogP contribution in [0.25, 0.3) is 0 Å². The lowest BCUT2D eigenvalue weighted by atomic mass is 10.0. The monoisotopic (exact) mass is 296 g/mol. The van der Waals surface area contributed by atoms with E-state index in [4.69, 9.17) is 5.11 Å². The Morgan fingerprint density at radius 1 is 1.26 bits per heavy atom. The molecule has 0 aliphatic heterocycles. The molecule has 2 amide bonds. The van der Waals surface area contributed by atoms with Crippen LogP contribution in [0.1, 0.15) is 19.8 Å². The zero-order valence-corrected chi connectivity index (χ0v) is 11.8. The minimum absolute atomic E-state index is 0.0238. The number of sulfone groups is 1. The van der Waals surface area contributed by atoms with Crippen LogP contribution in [0.4, 0.5) is 4.79 Å². The Kier molecular flexibility index (Phi) is 6.77. The van der Waals surface area contributed by atoms with Gasteiger partial charge in [-0.3, -0.25) is 4.79 Å². The summed E-state index contributed by atoms with van der Waals surface area (Å²) in [5.74, 6) is -1.19. The standard InChI is InChI=1S/C10H20N2O6S/c1-10(16,6-8(13)14)7-12-9(15)11-4-3-5-19(2,17)18/h16H,3-7H2,1-2H3,(H,13,14)(H2,11,12,15). The third kappa shape index (κ3) is 11.5. The summed E-state index contributed by atoms with van der Waals surface area (Å²) in [6, 6.07) is -0.584. The number of aliphatic carboxylic acids is 1. The Hall–Kier alpha value is -1.35. The molecule has 19 heavy (non-hydrogen) atoms. The Balaban J connectivity index is 3.84. The van der Waals surface area contributed by atoms with Crippen molar-refractivity contribution in [3.05, 3.63) is 0 Å². The molecule has 0 spiro atoms. The maximum atomic E-state index is 11.3. The molecule has 0 aliphatic carbocycles. The Morgan fingerprint density at radius 2 is 1.84 bits per heavy atom. The molecule has 112 valence electrons. The van der Waals surface area contributed by atoms with E-state index in [-0.39, 0.29) is 25.3 Å². The minimum Gasteiger partial charge on any atom is -0.481 e. The molecule has 0 bridgehead atoms. The quantitative estimate of drug-likeness (QED) is 0.422. The van der Waals surface area contributed by atoms with E-state index < -0.39 is 33.9 Å². The molecule has 0 saturated carbocycles. The van der Waals surface area contributed by atoms with E-state index in [2.05, 4.69) is 10.6 Å². The number of carboxylic acid groups (broad SMARTS) is 1. The van der Waals surface area contributed by atoms with Crippen molar-refractivity contribution >= 4 is 21.8 Å². The number of carboxylic acids is 1. The Labute approximate surface area is 112 Å². The van der Waals surface area contributed by atoms with E-state index in [1.807, 2.05) is 0 Å². The summed E-state index contributed by atoms with van der Waals surface area (Å²) in [7, 11) is -3.05. The van der Waals surface area contributed by atoms with Crippen LogP contribution >= 0.6 is 0 Å². The first kappa shape index (κ1) is 17.6.